The Labute approximate surface area is 130 Å². The predicted octanol–water partition coefficient (Wildman–Crippen LogP) is 2.97. The lowest BCUT2D eigenvalue weighted by atomic mass is 10.1. The van der Waals surface area contributed by atoms with Crippen LogP contribution in [0.5, 0.6) is 5.75 Å². The van der Waals surface area contributed by atoms with Gasteiger partial charge in [0.15, 0.2) is 0 Å². The first-order valence-corrected chi connectivity index (χ1v) is 7.50. The fraction of sp³-hybridized carbons (Fsp3) is 0.294. The smallest absolute Gasteiger partial charge is 0.119 e. The maximum absolute atomic E-state index is 5.83. The Bertz CT molecular complexity index is 635. The Morgan fingerprint density at radius 2 is 1.50 bits per heavy atom. The molecule has 0 N–H and O–H groups in total. The Morgan fingerprint density at radius 3 is 1.95 bits per heavy atom. The minimum absolute atomic E-state index is 0.735. The summed E-state index contributed by atoms with van der Waals surface area (Å²) in [5.41, 5.74) is 2.42. The Morgan fingerprint density at radius 1 is 0.909 bits per heavy atom. The van der Waals surface area contributed by atoms with Gasteiger partial charge in [0.2, 0.25) is 0 Å². The zero-order valence-electron chi connectivity index (χ0n) is 12.7. The molecule has 5 heteroatoms. The molecule has 0 radical (unpaired) electrons. The predicted molar refractivity (Wildman–Crippen MR) is 84.9 cm³/mol. The van der Waals surface area contributed by atoms with Gasteiger partial charge in [-0.15, -0.1) is 0 Å². The molecule has 2 heterocycles. The van der Waals surface area contributed by atoms with Crippen molar-refractivity contribution in [2.24, 2.45) is 0 Å². The maximum atomic E-state index is 5.83. The van der Waals surface area contributed by atoms with Gasteiger partial charge in [0, 0.05) is 37.9 Å². The topological polar surface area (TPSA) is 44.9 Å². The van der Waals surface area contributed by atoms with Crippen LogP contribution in [0.25, 0.3) is 0 Å². The SMILES string of the molecule is CCCOc1cc(Cn2ccnc2)cc(Cn2ccnc2)c1. The quantitative estimate of drug-likeness (QED) is 0.673. The number of nitrogens with zero attached hydrogens (tertiary/aromatic N) is 4. The van der Waals surface area contributed by atoms with E-state index in [1.54, 1.807) is 12.4 Å². The summed E-state index contributed by atoms with van der Waals surface area (Å²) in [6.45, 7) is 4.43. The summed E-state index contributed by atoms with van der Waals surface area (Å²) in [6, 6.07) is 6.42. The molecule has 3 rings (SSSR count). The summed E-state index contributed by atoms with van der Waals surface area (Å²) < 4.78 is 9.94. The zero-order chi connectivity index (χ0) is 15.2. The van der Waals surface area contributed by atoms with Gasteiger partial charge < -0.3 is 13.9 Å². The average Bonchev–Trinajstić information content (AvgIpc) is 3.19. The fourth-order valence-corrected chi connectivity index (χ4v) is 2.40. The highest BCUT2D eigenvalue weighted by Gasteiger charge is 2.04. The number of imidazole rings is 2. The minimum atomic E-state index is 0.735. The van der Waals surface area contributed by atoms with Gasteiger partial charge in [-0.1, -0.05) is 13.0 Å². The molecule has 5 nitrogen and oxygen atoms in total. The van der Waals surface area contributed by atoms with Crippen LogP contribution in [0.3, 0.4) is 0 Å². The van der Waals surface area contributed by atoms with Crippen molar-refractivity contribution in [2.45, 2.75) is 26.4 Å². The monoisotopic (exact) mass is 296 g/mol. The zero-order valence-corrected chi connectivity index (χ0v) is 12.7. The van der Waals surface area contributed by atoms with Gasteiger partial charge in [0.05, 0.1) is 19.3 Å². The van der Waals surface area contributed by atoms with Gasteiger partial charge >= 0.3 is 0 Å². The van der Waals surface area contributed by atoms with Crippen LogP contribution in [0.15, 0.2) is 55.6 Å². The third kappa shape index (κ3) is 3.75. The second-order valence-electron chi connectivity index (χ2n) is 5.30. The van der Waals surface area contributed by atoms with Crippen LogP contribution in [-0.4, -0.2) is 25.7 Å². The van der Waals surface area contributed by atoms with Crippen molar-refractivity contribution in [3.8, 4) is 5.75 Å². The summed E-state index contributed by atoms with van der Waals surface area (Å²) in [4.78, 5) is 8.19. The van der Waals surface area contributed by atoms with Gasteiger partial charge in [-0.25, -0.2) is 9.97 Å². The van der Waals surface area contributed by atoms with Crippen molar-refractivity contribution in [3.63, 3.8) is 0 Å². The van der Waals surface area contributed by atoms with E-state index in [9.17, 15) is 0 Å². The summed E-state index contributed by atoms with van der Waals surface area (Å²) in [5.74, 6) is 0.926. The highest BCUT2D eigenvalue weighted by atomic mass is 16.5. The van der Waals surface area contributed by atoms with E-state index in [2.05, 4.69) is 44.2 Å². The molecule has 2 aromatic heterocycles. The molecule has 0 amide bonds. The van der Waals surface area contributed by atoms with E-state index in [-0.39, 0.29) is 0 Å². The van der Waals surface area contributed by atoms with Crippen LogP contribution in [0.4, 0.5) is 0 Å². The molecule has 0 aliphatic heterocycles. The third-order valence-corrected chi connectivity index (χ3v) is 3.35. The molecule has 0 aliphatic rings. The van der Waals surface area contributed by atoms with E-state index in [4.69, 9.17) is 4.74 Å². The van der Waals surface area contributed by atoms with Crippen LogP contribution < -0.4 is 4.74 Å². The van der Waals surface area contributed by atoms with Crippen LogP contribution in [-0.2, 0) is 13.1 Å². The molecule has 114 valence electrons. The van der Waals surface area contributed by atoms with Gasteiger partial charge in [-0.2, -0.15) is 0 Å². The molecule has 0 fully saturated rings. The normalized spacial score (nSPS) is 10.8. The van der Waals surface area contributed by atoms with Crippen molar-refractivity contribution in [2.75, 3.05) is 6.61 Å². The summed E-state index contributed by atoms with van der Waals surface area (Å²) in [6.07, 6.45) is 12.2. The van der Waals surface area contributed by atoms with Crippen molar-refractivity contribution >= 4 is 0 Å². The second-order valence-corrected chi connectivity index (χ2v) is 5.30. The second kappa shape index (κ2) is 6.93. The summed E-state index contributed by atoms with van der Waals surface area (Å²) in [5, 5.41) is 0. The van der Waals surface area contributed by atoms with Crippen LogP contribution in [0.1, 0.15) is 24.5 Å². The number of ether oxygens (including phenoxy) is 1. The van der Waals surface area contributed by atoms with Crippen LogP contribution in [0.2, 0.25) is 0 Å². The first-order valence-electron chi connectivity index (χ1n) is 7.50. The van der Waals surface area contributed by atoms with E-state index in [0.717, 1.165) is 31.9 Å². The molecule has 0 saturated carbocycles. The van der Waals surface area contributed by atoms with Gasteiger partial charge in [-0.3, -0.25) is 0 Å². The fourth-order valence-electron chi connectivity index (χ4n) is 2.40. The first kappa shape index (κ1) is 14.4. The summed E-state index contributed by atoms with van der Waals surface area (Å²) in [7, 11) is 0. The molecule has 0 unspecified atom stereocenters. The molecular weight excluding hydrogens is 276 g/mol. The largest absolute Gasteiger partial charge is 0.494 e. The van der Waals surface area contributed by atoms with E-state index >= 15 is 0 Å². The van der Waals surface area contributed by atoms with Crippen LogP contribution >= 0.6 is 0 Å². The van der Waals surface area contributed by atoms with Crippen molar-refractivity contribution in [3.05, 3.63) is 66.8 Å². The van der Waals surface area contributed by atoms with Gasteiger partial charge in [-0.05, 0) is 29.7 Å². The van der Waals surface area contributed by atoms with Crippen molar-refractivity contribution < 1.29 is 4.74 Å². The molecule has 0 bridgehead atoms. The Balaban J connectivity index is 1.83. The number of hydrogen-bond donors (Lipinski definition) is 0. The highest BCUT2D eigenvalue weighted by Crippen LogP contribution is 2.19. The molecule has 1 aromatic carbocycles. The number of rotatable bonds is 7. The standard InChI is InChI=1S/C17H20N4O/c1-2-7-22-17-9-15(11-20-5-3-18-13-20)8-16(10-17)12-21-6-4-19-14-21/h3-6,8-10,13-14H,2,7,11-12H2,1H3. The molecule has 0 atom stereocenters. The Hall–Kier alpha value is -2.56. The molecule has 22 heavy (non-hydrogen) atoms. The van der Waals surface area contributed by atoms with Gasteiger partial charge in [0.1, 0.15) is 5.75 Å². The number of hydrogen-bond acceptors (Lipinski definition) is 3. The van der Waals surface area contributed by atoms with E-state index < -0.39 is 0 Å². The van der Waals surface area contributed by atoms with Crippen LogP contribution in [0, 0.1) is 0 Å². The lowest BCUT2D eigenvalue weighted by Gasteiger charge is -2.12. The first-order chi connectivity index (χ1) is 10.8. The Kier molecular flexibility index (Phi) is 4.53. The third-order valence-electron chi connectivity index (χ3n) is 3.35. The lowest BCUT2D eigenvalue weighted by Crippen LogP contribution is -2.03. The highest BCUT2D eigenvalue weighted by molar-refractivity contribution is 5.35. The van der Waals surface area contributed by atoms with E-state index in [1.807, 2.05) is 25.0 Å². The molecule has 0 saturated heterocycles. The lowest BCUT2D eigenvalue weighted by molar-refractivity contribution is 0.316. The van der Waals surface area contributed by atoms with E-state index in [1.165, 1.54) is 11.1 Å². The molecule has 3 aromatic rings. The van der Waals surface area contributed by atoms with E-state index in [0.29, 0.717) is 0 Å². The number of aromatic nitrogens is 4. The van der Waals surface area contributed by atoms with Crippen molar-refractivity contribution in [1.82, 2.24) is 19.1 Å². The van der Waals surface area contributed by atoms with Crippen molar-refractivity contribution in [1.29, 1.82) is 0 Å². The molecule has 0 spiro atoms. The average molecular weight is 296 g/mol. The molecular formula is C17H20N4O. The maximum Gasteiger partial charge on any atom is 0.119 e. The minimum Gasteiger partial charge on any atom is -0.494 e. The summed E-state index contributed by atoms with van der Waals surface area (Å²) >= 11 is 0. The molecule has 0 aliphatic carbocycles. The van der Waals surface area contributed by atoms with Gasteiger partial charge in [0.25, 0.3) is 0 Å². The number of benzene rings is 1.